The second-order valence-electron chi connectivity index (χ2n) is 5.01. The van der Waals surface area contributed by atoms with E-state index < -0.39 is 4.92 Å². The van der Waals surface area contributed by atoms with Crippen molar-refractivity contribution in [2.45, 2.75) is 25.8 Å². The van der Waals surface area contributed by atoms with Gasteiger partial charge in [-0.1, -0.05) is 0 Å². The van der Waals surface area contributed by atoms with Crippen LogP contribution in [0.5, 0.6) is 0 Å². The third-order valence-corrected chi connectivity index (χ3v) is 3.69. The molecule has 1 aromatic heterocycles. The van der Waals surface area contributed by atoms with Crippen molar-refractivity contribution in [2.75, 3.05) is 23.7 Å². The second-order valence-corrected chi connectivity index (χ2v) is 5.01. The molecule has 1 aliphatic rings. The van der Waals surface area contributed by atoms with Gasteiger partial charge < -0.3 is 16.4 Å². The van der Waals surface area contributed by atoms with E-state index in [-0.39, 0.29) is 11.5 Å². The predicted molar refractivity (Wildman–Crippen MR) is 73.9 cm³/mol. The van der Waals surface area contributed by atoms with Crippen LogP contribution in [0.3, 0.4) is 0 Å². The summed E-state index contributed by atoms with van der Waals surface area (Å²) in [5, 5.41) is 10.7. The number of rotatable bonds is 3. The first-order valence-corrected chi connectivity index (χ1v) is 6.40. The van der Waals surface area contributed by atoms with E-state index in [2.05, 4.69) is 16.8 Å². The van der Waals surface area contributed by atoms with Crippen molar-refractivity contribution in [3.8, 4) is 0 Å². The average Bonchev–Trinajstić information content (AvgIpc) is 2.38. The largest absolute Gasteiger partial charge is 0.378 e. The summed E-state index contributed by atoms with van der Waals surface area (Å²) in [6.45, 7) is 3.58. The molecule has 0 aliphatic carbocycles. The molecule has 0 aromatic carbocycles. The van der Waals surface area contributed by atoms with Crippen molar-refractivity contribution in [2.24, 2.45) is 11.7 Å². The Morgan fingerprint density at radius 3 is 2.84 bits per heavy atom. The van der Waals surface area contributed by atoms with Crippen LogP contribution < -0.4 is 16.4 Å². The normalized spacial score (nSPS) is 23.4. The number of aromatic nitrogens is 1. The molecule has 0 radical (unpaired) electrons. The van der Waals surface area contributed by atoms with E-state index in [4.69, 9.17) is 11.5 Å². The molecule has 1 saturated heterocycles. The molecule has 4 N–H and O–H groups in total. The van der Waals surface area contributed by atoms with Gasteiger partial charge in [0.15, 0.2) is 0 Å². The van der Waals surface area contributed by atoms with Gasteiger partial charge in [0.25, 0.3) is 0 Å². The molecule has 19 heavy (non-hydrogen) atoms. The lowest BCUT2D eigenvalue weighted by atomic mass is 9.93. The van der Waals surface area contributed by atoms with Crippen molar-refractivity contribution >= 4 is 17.3 Å². The van der Waals surface area contributed by atoms with Gasteiger partial charge in [-0.05, 0) is 38.3 Å². The first kappa shape index (κ1) is 13.5. The molecule has 2 atom stereocenters. The van der Waals surface area contributed by atoms with Crippen LogP contribution in [0, 0.1) is 16.0 Å². The van der Waals surface area contributed by atoms with Crippen LogP contribution in [0.25, 0.3) is 0 Å². The van der Waals surface area contributed by atoms with Crippen molar-refractivity contribution in [3.63, 3.8) is 0 Å². The van der Waals surface area contributed by atoms with Gasteiger partial charge >= 0.3 is 5.69 Å². The fraction of sp³-hybridized carbons (Fsp3) is 0.583. The maximum atomic E-state index is 10.7. The molecule has 1 fully saturated rings. The molecule has 2 heterocycles. The Morgan fingerprint density at radius 2 is 2.26 bits per heavy atom. The molecule has 0 saturated carbocycles. The fourth-order valence-electron chi connectivity index (χ4n) is 2.47. The highest BCUT2D eigenvalue weighted by Gasteiger charge is 2.26. The van der Waals surface area contributed by atoms with Crippen molar-refractivity contribution < 1.29 is 4.92 Å². The van der Waals surface area contributed by atoms with E-state index in [1.165, 1.54) is 6.07 Å². The summed E-state index contributed by atoms with van der Waals surface area (Å²) < 4.78 is 0. The molecular formula is C12H19N5O2. The van der Waals surface area contributed by atoms with E-state index in [1.54, 1.807) is 6.07 Å². The van der Waals surface area contributed by atoms with Crippen LogP contribution in [0.2, 0.25) is 0 Å². The summed E-state index contributed by atoms with van der Waals surface area (Å²) in [5.41, 5.74) is 11.2. The predicted octanol–water partition coefficient (Wildman–Crippen LogP) is 1.14. The van der Waals surface area contributed by atoms with Crippen LogP contribution in [0.4, 0.5) is 17.3 Å². The first-order valence-electron chi connectivity index (χ1n) is 6.40. The summed E-state index contributed by atoms with van der Waals surface area (Å²) in [4.78, 5) is 16.5. The number of nitrogens with two attached hydrogens (primary N) is 2. The van der Waals surface area contributed by atoms with Gasteiger partial charge in [0.05, 0.1) is 4.92 Å². The molecule has 7 heteroatoms. The van der Waals surface area contributed by atoms with Crippen LogP contribution in [0.15, 0.2) is 12.1 Å². The Balaban J connectivity index is 2.25. The minimum atomic E-state index is -0.519. The van der Waals surface area contributed by atoms with Crippen LogP contribution in [-0.2, 0) is 0 Å². The maximum Gasteiger partial charge on any atom is 0.311 e. The Labute approximate surface area is 111 Å². The minimum absolute atomic E-state index is 0.0374. The third-order valence-electron chi connectivity index (χ3n) is 3.69. The van der Waals surface area contributed by atoms with Gasteiger partial charge in [-0.15, -0.1) is 0 Å². The Bertz CT molecular complexity index is 479. The van der Waals surface area contributed by atoms with E-state index in [0.29, 0.717) is 24.3 Å². The van der Waals surface area contributed by atoms with Crippen LogP contribution in [-0.4, -0.2) is 29.0 Å². The minimum Gasteiger partial charge on any atom is -0.378 e. The van der Waals surface area contributed by atoms with E-state index in [9.17, 15) is 10.1 Å². The Hall–Kier alpha value is -1.89. The highest BCUT2D eigenvalue weighted by atomic mass is 16.6. The number of hydrogen-bond donors (Lipinski definition) is 2. The molecule has 2 rings (SSSR count). The second kappa shape index (κ2) is 5.40. The van der Waals surface area contributed by atoms with Crippen LogP contribution in [0.1, 0.15) is 19.8 Å². The summed E-state index contributed by atoms with van der Waals surface area (Å²) in [6, 6.07) is 3.41. The Morgan fingerprint density at radius 1 is 1.53 bits per heavy atom. The smallest absolute Gasteiger partial charge is 0.311 e. The molecule has 0 spiro atoms. The molecular weight excluding hydrogens is 246 g/mol. The lowest BCUT2D eigenvalue weighted by Gasteiger charge is -2.38. The van der Waals surface area contributed by atoms with Gasteiger partial charge in [-0.25, -0.2) is 4.98 Å². The molecule has 0 amide bonds. The Kier molecular flexibility index (Phi) is 3.84. The number of hydrogen-bond acceptors (Lipinski definition) is 6. The average molecular weight is 265 g/mol. The zero-order chi connectivity index (χ0) is 14.0. The van der Waals surface area contributed by atoms with E-state index >= 15 is 0 Å². The summed E-state index contributed by atoms with van der Waals surface area (Å²) in [5.74, 6) is 1.09. The van der Waals surface area contributed by atoms with Gasteiger partial charge in [0.2, 0.25) is 5.82 Å². The highest BCUT2D eigenvalue weighted by Crippen LogP contribution is 2.29. The SMILES string of the molecule is CC1CCC(CN)CN1c1ccc([N+](=O)[O-])c(N)n1. The molecule has 2 unspecified atom stereocenters. The van der Waals surface area contributed by atoms with Gasteiger partial charge in [-0.2, -0.15) is 0 Å². The monoisotopic (exact) mass is 265 g/mol. The van der Waals surface area contributed by atoms with Crippen LogP contribution >= 0.6 is 0 Å². The highest BCUT2D eigenvalue weighted by molar-refractivity contribution is 5.58. The summed E-state index contributed by atoms with van der Waals surface area (Å²) >= 11 is 0. The zero-order valence-corrected chi connectivity index (χ0v) is 11.0. The number of anilines is 2. The van der Waals surface area contributed by atoms with Crippen molar-refractivity contribution in [3.05, 3.63) is 22.2 Å². The van der Waals surface area contributed by atoms with E-state index in [1.807, 2.05) is 0 Å². The molecule has 1 aromatic rings. The molecule has 1 aliphatic heterocycles. The van der Waals surface area contributed by atoms with Gasteiger partial charge in [-0.3, -0.25) is 10.1 Å². The van der Waals surface area contributed by atoms with Gasteiger partial charge in [0, 0.05) is 18.7 Å². The summed E-state index contributed by atoms with van der Waals surface area (Å²) in [7, 11) is 0. The number of piperidine rings is 1. The maximum absolute atomic E-state index is 10.7. The molecule has 104 valence electrons. The quantitative estimate of drug-likeness (QED) is 0.626. The lowest BCUT2D eigenvalue weighted by molar-refractivity contribution is -0.384. The van der Waals surface area contributed by atoms with Gasteiger partial charge in [0.1, 0.15) is 5.82 Å². The number of pyridine rings is 1. The third kappa shape index (κ3) is 2.76. The van der Waals surface area contributed by atoms with Crippen molar-refractivity contribution in [1.29, 1.82) is 0 Å². The van der Waals surface area contributed by atoms with Crippen molar-refractivity contribution in [1.82, 2.24) is 4.98 Å². The zero-order valence-electron chi connectivity index (χ0n) is 11.0. The lowest BCUT2D eigenvalue weighted by Crippen LogP contribution is -2.44. The van der Waals surface area contributed by atoms with E-state index in [0.717, 1.165) is 19.4 Å². The first-order chi connectivity index (χ1) is 9.02. The molecule has 0 bridgehead atoms. The molecule has 7 nitrogen and oxygen atoms in total. The standard InChI is InChI=1S/C12H19N5O2/c1-8-2-3-9(6-13)7-16(8)11-5-4-10(17(18)19)12(14)15-11/h4-5,8-9H,2-3,6-7,13H2,1H3,(H2,14,15). The topological polar surface area (TPSA) is 111 Å². The number of nitrogens with zero attached hydrogens (tertiary/aromatic N) is 3. The number of nitrogen functional groups attached to an aromatic ring is 1. The fourth-order valence-corrected chi connectivity index (χ4v) is 2.47. The number of nitro groups is 1. The summed E-state index contributed by atoms with van der Waals surface area (Å²) in [6.07, 6.45) is 2.15.